The van der Waals surface area contributed by atoms with Crippen molar-refractivity contribution in [1.29, 1.82) is 0 Å². The number of aliphatic hydroxyl groups is 1. The van der Waals surface area contributed by atoms with Gasteiger partial charge in [-0.15, -0.1) is 13.2 Å². The molecule has 1 atom stereocenters. The van der Waals surface area contributed by atoms with Crippen LogP contribution in [0.15, 0.2) is 35.1 Å². The fourth-order valence-electron chi connectivity index (χ4n) is 0.902. The average Bonchev–Trinajstić information content (AvgIpc) is 2.10. The van der Waals surface area contributed by atoms with Crippen molar-refractivity contribution in [3.05, 3.63) is 35.1 Å². The van der Waals surface area contributed by atoms with Gasteiger partial charge in [-0.25, -0.2) is 0 Å². The first-order chi connectivity index (χ1) is 8.33. The Bertz CT molecular complexity index is 390. The summed E-state index contributed by atoms with van der Waals surface area (Å²) in [5.74, 6) is -1.02. The molecular weight excluding hydrogens is 302 g/mol. The highest BCUT2D eigenvalue weighted by molar-refractivity contribution is 6.29. The standard InChI is InChI=1S/C10H9ClF6O2/c1-5(8(18)9(12,13)14)3-7(4-6(2)11)19-10(15,16)17/h3-4,8,18H,1H2,2H3/b6-4+,7-3+. The lowest BCUT2D eigenvalue weighted by Gasteiger charge is -2.16. The summed E-state index contributed by atoms with van der Waals surface area (Å²) >= 11 is 5.31. The summed E-state index contributed by atoms with van der Waals surface area (Å²) in [6.45, 7) is 4.02. The minimum Gasteiger partial charge on any atom is -0.406 e. The van der Waals surface area contributed by atoms with E-state index >= 15 is 0 Å². The molecule has 110 valence electrons. The Morgan fingerprint density at radius 3 is 2.00 bits per heavy atom. The molecule has 0 bridgehead atoms. The largest absolute Gasteiger partial charge is 0.573 e. The zero-order valence-electron chi connectivity index (χ0n) is 9.44. The molecule has 0 aliphatic carbocycles. The summed E-state index contributed by atoms with van der Waals surface area (Å²) in [7, 11) is 0. The van der Waals surface area contributed by atoms with Crippen LogP contribution in [0, 0.1) is 0 Å². The first-order valence-corrected chi connectivity index (χ1v) is 4.95. The van der Waals surface area contributed by atoms with Crippen LogP contribution < -0.4 is 0 Å². The second-order valence-electron chi connectivity index (χ2n) is 3.34. The minimum absolute atomic E-state index is 0.162. The second-order valence-corrected chi connectivity index (χ2v) is 3.94. The van der Waals surface area contributed by atoms with E-state index in [0.717, 1.165) is 0 Å². The van der Waals surface area contributed by atoms with Crippen LogP contribution in [0.3, 0.4) is 0 Å². The molecule has 0 aromatic carbocycles. The summed E-state index contributed by atoms with van der Waals surface area (Å²) in [6.07, 6.45) is -12.2. The van der Waals surface area contributed by atoms with E-state index in [4.69, 9.17) is 16.7 Å². The van der Waals surface area contributed by atoms with E-state index in [9.17, 15) is 26.3 Å². The number of hydrogen-bond acceptors (Lipinski definition) is 2. The maximum atomic E-state index is 12.1. The molecule has 1 N–H and O–H groups in total. The van der Waals surface area contributed by atoms with E-state index < -0.39 is 30.0 Å². The van der Waals surface area contributed by atoms with Crippen LogP contribution in [0.2, 0.25) is 0 Å². The molecule has 0 saturated heterocycles. The van der Waals surface area contributed by atoms with Crippen molar-refractivity contribution in [3.8, 4) is 0 Å². The van der Waals surface area contributed by atoms with E-state index in [0.29, 0.717) is 12.2 Å². The molecule has 0 amide bonds. The highest BCUT2D eigenvalue weighted by Gasteiger charge is 2.40. The van der Waals surface area contributed by atoms with E-state index in [1.807, 2.05) is 0 Å². The van der Waals surface area contributed by atoms with Gasteiger partial charge in [0.15, 0.2) is 6.10 Å². The van der Waals surface area contributed by atoms with Crippen LogP contribution in [0.5, 0.6) is 0 Å². The van der Waals surface area contributed by atoms with Gasteiger partial charge in [0.05, 0.1) is 0 Å². The Morgan fingerprint density at radius 2 is 1.68 bits per heavy atom. The number of hydrogen-bond donors (Lipinski definition) is 1. The molecule has 0 heterocycles. The van der Waals surface area contributed by atoms with Crippen LogP contribution in [0.25, 0.3) is 0 Å². The molecule has 19 heavy (non-hydrogen) atoms. The Hall–Kier alpha value is -1.15. The van der Waals surface area contributed by atoms with Crippen LogP contribution in [-0.2, 0) is 4.74 Å². The Balaban J connectivity index is 5.22. The molecule has 0 aliphatic heterocycles. The van der Waals surface area contributed by atoms with Gasteiger partial charge in [0, 0.05) is 5.03 Å². The maximum absolute atomic E-state index is 12.1. The molecule has 2 nitrogen and oxygen atoms in total. The Morgan fingerprint density at radius 1 is 1.21 bits per heavy atom. The fraction of sp³-hybridized carbons (Fsp3) is 0.400. The molecule has 0 saturated carbocycles. The Labute approximate surface area is 109 Å². The maximum Gasteiger partial charge on any atom is 0.573 e. The third kappa shape index (κ3) is 7.78. The summed E-state index contributed by atoms with van der Waals surface area (Å²) in [5, 5.41) is 8.61. The van der Waals surface area contributed by atoms with Crippen molar-refractivity contribution in [2.24, 2.45) is 0 Å². The van der Waals surface area contributed by atoms with Crippen LogP contribution in [-0.4, -0.2) is 23.7 Å². The van der Waals surface area contributed by atoms with Crippen molar-refractivity contribution in [2.75, 3.05) is 0 Å². The lowest BCUT2D eigenvalue weighted by atomic mass is 10.1. The number of allylic oxidation sites excluding steroid dienone is 2. The van der Waals surface area contributed by atoms with Gasteiger partial charge in [-0.2, -0.15) is 13.2 Å². The van der Waals surface area contributed by atoms with Gasteiger partial charge in [-0.1, -0.05) is 18.2 Å². The molecule has 0 rings (SSSR count). The third-order valence-corrected chi connectivity index (χ3v) is 1.67. The zero-order chi connectivity index (χ0) is 15.4. The molecule has 0 radical (unpaired) electrons. The molecule has 0 aromatic rings. The van der Waals surface area contributed by atoms with Gasteiger partial charge in [-0.05, 0) is 24.6 Å². The van der Waals surface area contributed by atoms with E-state index in [1.165, 1.54) is 6.92 Å². The van der Waals surface area contributed by atoms with Crippen LogP contribution in [0.4, 0.5) is 26.3 Å². The van der Waals surface area contributed by atoms with Gasteiger partial charge < -0.3 is 9.84 Å². The van der Waals surface area contributed by atoms with Gasteiger partial charge in [0.1, 0.15) is 5.76 Å². The van der Waals surface area contributed by atoms with Crippen LogP contribution >= 0.6 is 11.6 Å². The Kier molecular flexibility index (Phi) is 5.95. The first kappa shape index (κ1) is 17.8. The zero-order valence-corrected chi connectivity index (χ0v) is 10.2. The van der Waals surface area contributed by atoms with Gasteiger partial charge in [0.2, 0.25) is 0 Å². The quantitative estimate of drug-likeness (QED) is 0.482. The molecule has 1 unspecified atom stereocenters. The molecule has 0 fully saturated rings. The highest BCUT2D eigenvalue weighted by atomic mass is 35.5. The van der Waals surface area contributed by atoms with Gasteiger partial charge in [-0.3, -0.25) is 0 Å². The summed E-state index contributed by atoms with van der Waals surface area (Å²) in [4.78, 5) is 0. The number of alkyl halides is 6. The number of halogens is 7. The highest BCUT2D eigenvalue weighted by Crippen LogP contribution is 2.28. The smallest absolute Gasteiger partial charge is 0.406 e. The lowest BCUT2D eigenvalue weighted by Crippen LogP contribution is -2.29. The van der Waals surface area contributed by atoms with Gasteiger partial charge in [0.25, 0.3) is 0 Å². The second kappa shape index (κ2) is 6.33. The predicted octanol–water partition coefficient (Wildman–Crippen LogP) is 4.03. The molecular formula is C10H9ClF6O2. The predicted molar refractivity (Wildman–Crippen MR) is 56.0 cm³/mol. The minimum atomic E-state index is -5.11. The van der Waals surface area contributed by atoms with Crippen molar-refractivity contribution >= 4 is 11.6 Å². The van der Waals surface area contributed by atoms with Crippen LogP contribution in [0.1, 0.15) is 6.92 Å². The van der Waals surface area contributed by atoms with E-state index in [1.54, 1.807) is 0 Å². The number of aliphatic hydroxyl groups excluding tert-OH is 1. The van der Waals surface area contributed by atoms with Gasteiger partial charge >= 0.3 is 12.5 Å². The third-order valence-electron chi connectivity index (χ3n) is 1.56. The monoisotopic (exact) mass is 310 g/mol. The summed E-state index contributed by atoms with van der Waals surface area (Å²) in [6, 6.07) is 0. The molecule has 0 spiro atoms. The number of rotatable bonds is 4. The van der Waals surface area contributed by atoms with E-state index in [-0.39, 0.29) is 5.03 Å². The summed E-state index contributed by atoms with van der Waals surface area (Å²) in [5.41, 5.74) is -1.01. The first-order valence-electron chi connectivity index (χ1n) is 4.57. The molecule has 9 heteroatoms. The average molecular weight is 311 g/mol. The SMILES string of the molecule is C=C(/C=C(\C=C(/C)Cl)OC(F)(F)F)C(O)C(F)(F)F. The lowest BCUT2D eigenvalue weighted by molar-refractivity contribution is -0.303. The number of ether oxygens (including phenoxy) is 1. The normalized spacial score (nSPS) is 16.3. The summed E-state index contributed by atoms with van der Waals surface area (Å²) < 4.78 is 75.7. The molecule has 0 aliphatic rings. The van der Waals surface area contributed by atoms with E-state index in [2.05, 4.69) is 11.3 Å². The van der Waals surface area contributed by atoms with Crippen molar-refractivity contribution in [1.82, 2.24) is 0 Å². The topological polar surface area (TPSA) is 29.5 Å². The fourth-order valence-corrected chi connectivity index (χ4v) is 1.01. The molecule has 0 aromatic heterocycles. The van der Waals surface area contributed by atoms with Crippen molar-refractivity contribution in [3.63, 3.8) is 0 Å². The van der Waals surface area contributed by atoms with Crippen molar-refractivity contribution in [2.45, 2.75) is 25.6 Å². The van der Waals surface area contributed by atoms with Crippen molar-refractivity contribution < 1.29 is 36.2 Å².